The van der Waals surface area contributed by atoms with E-state index in [9.17, 15) is 19.5 Å². The fourth-order valence-electron chi connectivity index (χ4n) is 2.64. The molecule has 1 aromatic heterocycles. The highest BCUT2D eigenvalue weighted by Crippen LogP contribution is 2.28. The number of carbonyl (C=O) groups is 3. The Kier molecular flexibility index (Phi) is 6.61. The SMILES string of the molecule is Nc1ccc(C(=O)Nc2c(CNC(=O)c3ccc(Cl)s3)cc(Cl)cc2C(=O)O)cc1. The normalized spacial score (nSPS) is 10.5. The molecule has 10 heteroatoms. The summed E-state index contributed by atoms with van der Waals surface area (Å²) in [5.41, 5.74) is 6.58. The van der Waals surface area contributed by atoms with Gasteiger partial charge in [0.15, 0.2) is 0 Å². The third kappa shape index (κ3) is 5.10. The van der Waals surface area contributed by atoms with Gasteiger partial charge in [0.1, 0.15) is 0 Å². The molecular formula is C20H15Cl2N3O4S. The van der Waals surface area contributed by atoms with Crippen molar-refractivity contribution in [2.75, 3.05) is 11.1 Å². The molecule has 0 radical (unpaired) electrons. The van der Waals surface area contributed by atoms with Crippen LogP contribution in [-0.4, -0.2) is 22.9 Å². The van der Waals surface area contributed by atoms with Crippen LogP contribution in [0.2, 0.25) is 9.36 Å². The quantitative estimate of drug-likeness (QED) is 0.400. The number of hydrogen-bond acceptors (Lipinski definition) is 5. The van der Waals surface area contributed by atoms with E-state index < -0.39 is 11.9 Å². The van der Waals surface area contributed by atoms with E-state index in [1.807, 2.05) is 0 Å². The number of anilines is 2. The molecule has 1 heterocycles. The Balaban J connectivity index is 1.89. The molecule has 7 nitrogen and oxygen atoms in total. The summed E-state index contributed by atoms with van der Waals surface area (Å²) >= 11 is 13.0. The first kappa shape index (κ1) is 21.6. The summed E-state index contributed by atoms with van der Waals surface area (Å²) in [6.45, 7) is -0.0630. The summed E-state index contributed by atoms with van der Waals surface area (Å²) in [6, 6.07) is 12.0. The molecular weight excluding hydrogens is 449 g/mol. The van der Waals surface area contributed by atoms with Crippen LogP contribution in [0.5, 0.6) is 0 Å². The number of halogens is 2. The Bertz CT molecular complexity index is 1130. The van der Waals surface area contributed by atoms with Crippen LogP contribution in [-0.2, 0) is 6.54 Å². The highest BCUT2D eigenvalue weighted by Gasteiger charge is 2.20. The summed E-state index contributed by atoms with van der Waals surface area (Å²) in [7, 11) is 0. The number of nitrogen functional groups attached to an aromatic ring is 1. The predicted molar refractivity (Wildman–Crippen MR) is 118 cm³/mol. The van der Waals surface area contributed by atoms with Gasteiger partial charge in [-0.2, -0.15) is 0 Å². The van der Waals surface area contributed by atoms with E-state index in [0.29, 0.717) is 26.0 Å². The zero-order chi connectivity index (χ0) is 21.8. The number of amides is 2. The predicted octanol–water partition coefficient (Wildman–Crippen LogP) is 4.52. The van der Waals surface area contributed by atoms with Gasteiger partial charge < -0.3 is 21.5 Å². The van der Waals surface area contributed by atoms with E-state index in [4.69, 9.17) is 28.9 Å². The minimum Gasteiger partial charge on any atom is -0.478 e. The molecule has 0 unspecified atom stereocenters. The Morgan fingerprint density at radius 3 is 2.30 bits per heavy atom. The Labute approximate surface area is 185 Å². The lowest BCUT2D eigenvalue weighted by Crippen LogP contribution is -2.24. The maximum atomic E-state index is 12.6. The zero-order valence-corrected chi connectivity index (χ0v) is 17.6. The van der Waals surface area contributed by atoms with E-state index in [0.717, 1.165) is 11.3 Å². The van der Waals surface area contributed by atoms with Crippen LogP contribution in [0.15, 0.2) is 48.5 Å². The van der Waals surface area contributed by atoms with E-state index in [1.54, 1.807) is 24.3 Å². The Morgan fingerprint density at radius 2 is 1.70 bits per heavy atom. The molecule has 0 aliphatic carbocycles. The second-order valence-corrected chi connectivity index (χ2v) is 8.31. The molecule has 154 valence electrons. The lowest BCUT2D eigenvalue weighted by molar-refractivity contribution is 0.0697. The van der Waals surface area contributed by atoms with Gasteiger partial charge in [-0.25, -0.2) is 4.79 Å². The van der Waals surface area contributed by atoms with Gasteiger partial charge in [0.2, 0.25) is 0 Å². The number of aromatic carboxylic acids is 1. The minimum absolute atomic E-state index is 0.0400. The van der Waals surface area contributed by atoms with Gasteiger partial charge in [-0.3, -0.25) is 9.59 Å². The molecule has 0 atom stereocenters. The van der Waals surface area contributed by atoms with Crippen LogP contribution in [0.1, 0.15) is 36.0 Å². The van der Waals surface area contributed by atoms with E-state index >= 15 is 0 Å². The minimum atomic E-state index is -1.28. The number of hydrogen-bond donors (Lipinski definition) is 4. The topological polar surface area (TPSA) is 122 Å². The van der Waals surface area contributed by atoms with E-state index in [2.05, 4.69) is 10.6 Å². The fourth-order valence-corrected chi connectivity index (χ4v) is 3.84. The first-order valence-electron chi connectivity index (χ1n) is 8.50. The van der Waals surface area contributed by atoms with Gasteiger partial charge >= 0.3 is 5.97 Å². The van der Waals surface area contributed by atoms with Crippen molar-refractivity contribution in [2.45, 2.75) is 6.54 Å². The molecule has 3 aromatic rings. The zero-order valence-electron chi connectivity index (χ0n) is 15.2. The van der Waals surface area contributed by atoms with Gasteiger partial charge in [0.05, 0.1) is 20.5 Å². The van der Waals surface area contributed by atoms with Crippen molar-refractivity contribution in [1.29, 1.82) is 0 Å². The number of carboxylic acids is 1. The maximum Gasteiger partial charge on any atom is 0.337 e. The van der Waals surface area contributed by atoms with Crippen molar-refractivity contribution >= 4 is 63.7 Å². The first-order valence-corrected chi connectivity index (χ1v) is 10.1. The van der Waals surface area contributed by atoms with Crippen molar-refractivity contribution in [3.63, 3.8) is 0 Å². The van der Waals surface area contributed by atoms with Crippen LogP contribution in [0, 0.1) is 0 Å². The van der Waals surface area contributed by atoms with Crippen molar-refractivity contribution in [3.05, 3.63) is 79.5 Å². The number of rotatable bonds is 6. The van der Waals surface area contributed by atoms with Gasteiger partial charge in [-0.05, 0) is 54.1 Å². The molecule has 0 aliphatic rings. The van der Waals surface area contributed by atoms with Crippen LogP contribution in [0.4, 0.5) is 11.4 Å². The van der Waals surface area contributed by atoms with Crippen molar-refractivity contribution in [1.82, 2.24) is 5.32 Å². The highest BCUT2D eigenvalue weighted by atomic mass is 35.5. The standard InChI is InChI=1S/C20H15Cl2N3O4S/c21-12-7-11(9-24-19(27)15-5-6-16(22)30-15)17(14(8-12)20(28)29)25-18(26)10-1-3-13(23)4-2-10/h1-8H,9,23H2,(H,24,27)(H,25,26)(H,28,29). The molecule has 0 saturated heterocycles. The van der Waals surface area contributed by atoms with Crippen molar-refractivity contribution < 1.29 is 19.5 Å². The van der Waals surface area contributed by atoms with Crippen LogP contribution >= 0.6 is 34.5 Å². The lowest BCUT2D eigenvalue weighted by Gasteiger charge is -2.15. The number of benzene rings is 2. The van der Waals surface area contributed by atoms with Crippen LogP contribution in [0.3, 0.4) is 0 Å². The number of nitrogens with two attached hydrogens (primary N) is 1. The summed E-state index contributed by atoms with van der Waals surface area (Å²) < 4.78 is 0.465. The maximum absolute atomic E-state index is 12.6. The molecule has 0 saturated carbocycles. The summed E-state index contributed by atoms with van der Waals surface area (Å²) in [4.78, 5) is 37.1. The number of thiophene rings is 1. The fraction of sp³-hybridized carbons (Fsp3) is 0.0500. The molecule has 2 amide bonds. The average Bonchev–Trinajstić information content (AvgIpc) is 3.14. The van der Waals surface area contributed by atoms with Crippen molar-refractivity contribution in [2.24, 2.45) is 0 Å². The largest absolute Gasteiger partial charge is 0.478 e. The molecule has 0 fully saturated rings. The Hall–Kier alpha value is -3.07. The number of carbonyl (C=O) groups excluding carboxylic acids is 2. The third-order valence-electron chi connectivity index (χ3n) is 4.06. The summed E-state index contributed by atoms with van der Waals surface area (Å²) in [5.74, 6) is -2.19. The molecule has 3 rings (SSSR count). The van der Waals surface area contributed by atoms with Gasteiger partial charge in [-0.1, -0.05) is 23.2 Å². The van der Waals surface area contributed by atoms with Crippen LogP contribution < -0.4 is 16.4 Å². The molecule has 0 aliphatic heterocycles. The van der Waals surface area contributed by atoms with E-state index in [-0.39, 0.29) is 28.7 Å². The lowest BCUT2D eigenvalue weighted by atomic mass is 10.1. The summed E-state index contributed by atoms with van der Waals surface area (Å²) in [6.07, 6.45) is 0. The van der Waals surface area contributed by atoms with Gasteiger partial charge in [0.25, 0.3) is 11.8 Å². The third-order valence-corrected chi connectivity index (χ3v) is 5.51. The number of nitrogens with one attached hydrogen (secondary N) is 2. The second kappa shape index (κ2) is 9.17. The van der Waals surface area contributed by atoms with E-state index in [1.165, 1.54) is 24.3 Å². The molecule has 0 bridgehead atoms. The molecule has 2 aromatic carbocycles. The van der Waals surface area contributed by atoms with Gasteiger partial charge in [0, 0.05) is 22.8 Å². The molecule has 30 heavy (non-hydrogen) atoms. The smallest absolute Gasteiger partial charge is 0.337 e. The highest BCUT2D eigenvalue weighted by molar-refractivity contribution is 7.18. The average molecular weight is 464 g/mol. The molecule has 0 spiro atoms. The number of carboxylic acid groups (broad SMARTS) is 1. The first-order chi connectivity index (χ1) is 14.2. The van der Waals surface area contributed by atoms with Crippen LogP contribution in [0.25, 0.3) is 0 Å². The van der Waals surface area contributed by atoms with Gasteiger partial charge in [-0.15, -0.1) is 11.3 Å². The monoisotopic (exact) mass is 463 g/mol. The molecule has 5 N–H and O–H groups in total. The Morgan fingerprint density at radius 1 is 1.00 bits per heavy atom. The van der Waals surface area contributed by atoms with Crippen molar-refractivity contribution in [3.8, 4) is 0 Å². The summed E-state index contributed by atoms with van der Waals surface area (Å²) in [5, 5.41) is 15.0. The second-order valence-electron chi connectivity index (χ2n) is 6.16.